The minimum absolute atomic E-state index is 0.189. The zero-order chi connectivity index (χ0) is 16.4. The van der Waals surface area contributed by atoms with Crippen LogP contribution in [0, 0.1) is 6.92 Å². The van der Waals surface area contributed by atoms with Gasteiger partial charge in [0.2, 0.25) is 0 Å². The van der Waals surface area contributed by atoms with Crippen molar-refractivity contribution in [3.8, 4) is 5.75 Å². The molecule has 4 nitrogen and oxygen atoms in total. The van der Waals surface area contributed by atoms with Crippen LogP contribution in [0.1, 0.15) is 37.3 Å². The third-order valence-electron chi connectivity index (χ3n) is 3.17. The van der Waals surface area contributed by atoms with E-state index in [1.807, 2.05) is 13.0 Å². The number of halogens is 2. The van der Waals surface area contributed by atoms with Crippen LogP contribution in [0.3, 0.4) is 0 Å². The fourth-order valence-electron chi connectivity index (χ4n) is 2.04. The van der Waals surface area contributed by atoms with E-state index in [0.717, 1.165) is 31.4 Å². The van der Waals surface area contributed by atoms with Gasteiger partial charge in [-0.3, -0.25) is 4.99 Å². The minimum atomic E-state index is -2.83. The lowest BCUT2D eigenvalue weighted by molar-refractivity contribution is -0.0504. The highest BCUT2D eigenvalue weighted by atomic mass is 19.3. The molecule has 0 bridgehead atoms. The number of hydrogen-bond acceptors (Lipinski definition) is 2. The molecule has 0 amide bonds. The second kappa shape index (κ2) is 9.97. The summed E-state index contributed by atoms with van der Waals surface area (Å²) in [4.78, 5) is 4.12. The number of nitrogens with one attached hydrogen (secondary N) is 2. The van der Waals surface area contributed by atoms with Crippen LogP contribution in [0.25, 0.3) is 0 Å². The third-order valence-corrected chi connectivity index (χ3v) is 3.17. The summed E-state index contributed by atoms with van der Waals surface area (Å²) in [6, 6.07) is 5.14. The fourth-order valence-corrected chi connectivity index (χ4v) is 2.04. The van der Waals surface area contributed by atoms with E-state index < -0.39 is 6.61 Å². The molecule has 1 rings (SSSR count). The fraction of sp³-hybridized carbons (Fsp3) is 0.562. The van der Waals surface area contributed by atoms with Crippen LogP contribution in [0.15, 0.2) is 23.2 Å². The molecule has 0 aromatic heterocycles. The number of aryl methyl sites for hydroxylation is 1. The SMILES string of the molecule is CCCCCNC(=NC)NCc1cc(C)ccc1OC(F)F. The van der Waals surface area contributed by atoms with Crippen molar-refractivity contribution < 1.29 is 13.5 Å². The quantitative estimate of drug-likeness (QED) is 0.439. The molecule has 0 aliphatic rings. The summed E-state index contributed by atoms with van der Waals surface area (Å²) in [6.07, 6.45) is 3.39. The molecule has 0 saturated heterocycles. The topological polar surface area (TPSA) is 45.7 Å². The molecule has 0 radical (unpaired) electrons. The Kier molecular flexibility index (Phi) is 8.25. The Morgan fingerprint density at radius 3 is 2.68 bits per heavy atom. The average Bonchev–Trinajstić information content (AvgIpc) is 2.48. The largest absolute Gasteiger partial charge is 0.434 e. The lowest BCUT2D eigenvalue weighted by atomic mass is 10.1. The van der Waals surface area contributed by atoms with E-state index in [9.17, 15) is 8.78 Å². The Bertz CT molecular complexity index is 478. The Morgan fingerprint density at radius 2 is 2.05 bits per heavy atom. The summed E-state index contributed by atoms with van der Waals surface area (Å²) in [6.45, 7) is 2.44. The number of nitrogens with zero attached hydrogens (tertiary/aromatic N) is 1. The van der Waals surface area contributed by atoms with Gasteiger partial charge in [-0.2, -0.15) is 8.78 Å². The van der Waals surface area contributed by atoms with E-state index in [2.05, 4.69) is 27.3 Å². The van der Waals surface area contributed by atoms with Crippen LogP contribution in [0.4, 0.5) is 8.78 Å². The van der Waals surface area contributed by atoms with Gasteiger partial charge in [-0.05, 0) is 19.4 Å². The highest BCUT2D eigenvalue weighted by Gasteiger charge is 2.10. The van der Waals surface area contributed by atoms with Gasteiger partial charge in [0.05, 0.1) is 0 Å². The highest BCUT2D eigenvalue weighted by molar-refractivity contribution is 5.79. The number of benzene rings is 1. The molecule has 124 valence electrons. The first-order valence-corrected chi connectivity index (χ1v) is 7.55. The summed E-state index contributed by atoms with van der Waals surface area (Å²) in [5.41, 5.74) is 1.67. The smallest absolute Gasteiger partial charge is 0.387 e. The van der Waals surface area contributed by atoms with Crippen LogP contribution < -0.4 is 15.4 Å². The van der Waals surface area contributed by atoms with E-state index in [0.29, 0.717) is 18.1 Å². The van der Waals surface area contributed by atoms with E-state index in [1.54, 1.807) is 19.2 Å². The van der Waals surface area contributed by atoms with Gasteiger partial charge < -0.3 is 15.4 Å². The standard InChI is InChI=1S/C16H25F2N3O/c1-4-5-6-9-20-16(19-3)21-11-13-10-12(2)7-8-14(13)22-15(17)18/h7-8,10,15H,4-6,9,11H2,1-3H3,(H2,19,20,21). The summed E-state index contributed by atoms with van der Waals surface area (Å²) in [5, 5.41) is 6.32. The van der Waals surface area contributed by atoms with Crippen molar-refractivity contribution in [1.82, 2.24) is 10.6 Å². The molecule has 0 unspecified atom stereocenters. The number of hydrogen-bond donors (Lipinski definition) is 2. The van der Waals surface area contributed by atoms with E-state index in [4.69, 9.17) is 0 Å². The van der Waals surface area contributed by atoms with Crippen molar-refractivity contribution >= 4 is 5.96 Å². The molecule has 0 spiro atoms. The van der Waals surface area contributed by atoms with Gasteiger partial charge >= 0.3 is 6.61 Å². The van der Waals surface area contributed by atoms with Crippen molar-refractivity contribution in [3.63, 3.8) is 0 Å². The Labute approximate surface area is 131 Å². The average molecular weight is 313 g/mol. The Balaban J connectivity index is 2.59. The normalized spacial score (nSPS) is 11.6. The van der Waals surface area contributed by atoms with Crippen LogP contribution in [-0.2, 0) is 6.54 Å². The zero-order valence-electron chi connectivity index (χ0n) is 13.5. The predicted octanol–water partition coefficient (Wildman–Crippen LogP) is 3.45. The van der Waals surface area contributed by atoms with Crippen molar-refractivity contribution in [1.29, 1.82) is 0 Å². The number of guanidine groups is 1. The molecule has 1 aromatic rings. The minimum Gasteiger partial charge on any atom is -0.434 e. The summed E-state index contributed by atoms with van der Waals surface area (Å²) in [7, 11) is 1.68. The number of unbranched alkanes of at least 4 members (excludes halogenated alkanes) is 2. The number of alkyl halides is 2. The zero-order valence-corrected chi connectivity index (χ0v) is 13.5. The van der Waals surface area contributed by atoms with Gasteiger partial charge in [0, 0.05) is 25.7 Å². The molecule has 0 aliphatic carbocycles. The molecule has 6 heteroatoms. The Hall–Kier alpha value is -1.85. The van der Waals surface area contributed by atoms with Crippen LogP contribution >= 0.6 is 0 Å². The van der Waals surface area contributed by atoms with Crippen LogP contribution in [-0.4, -0.2) is 26.2 Å². The monoisotopic (exact) mass is 313 g/mol. The first-order chi connectivity index (χ1) is 10.6. The molecule has 0 aliphatic heterocycles. The number of aliphatic imine (C=N–C) groups is 1. The molecule has 0 atom stereocenters. The summed E-state index contributed by atoms with van der Waals surface area (Å²) >= 11 is 0. The Morgan fingerprint density at radius 1 is 1.27 bits per heavy atom. The molecule has 22 heavy (non-hydrogen) atoms. The maximum absolute atomic E-state index is 12.4. The van der Waals surface area contributed by atoms with Crippen molar-refractivity contribution in [2.45, 2.75) is 46.3 Å². The molecule has 2 N–H and O–H groups in total. The molecular formula is C16H25F2N3O. The maximum Gasteiger partial charge on any atom is 0.387 e. The van der Waals surface area contributed by atoms with E-state index >= 15 is 0 Å². The summed E-state index contributed by atoms with van der Waals surface area (Å²) < 4.78 is 29.4. The maximum atomic E-state index is 12.4. The lowest BCUT2D eigenvalue weighted by Gasteiger charge is -2.15. The molecule has 0 fully saturated rings. The van der Waals surface area contributed by atoms with Crippen molar-refractivity contribution in [3.05, 3.63) is 29.3 Å². The van der Waals surface area contributed by atoms with Gasteiger partial charge in [0.25, 0.3) is 0 Å². The summed E-state index contributed by atoms with van der Waals surface area (Å²) in [5.74, 6) is 0.843. The predicted molar refractivity (Wildman–Crippen MR) is 85.5 cm³/mol. The van der Waals surface area contributed by atoms with Gasteiger partial charge in [-0.15, -0.1) is 0 Å². The second-order valence-electron chi connectivity index (χ2n) is 5.05. The van der Waals surface area contributed by atoms with Crippen LogP contribution in [0.2, 0.25) is 0 Å². The van der Waals surface area contributed by atoms with Gasteiger partial charge in [0.15, 0.2) is 5.96 Å². The van der Waals surface area contributed by atoms with Crippen molar-refractivity contribution in [2.75, 3.05) is 13.6 Å². The molecule has 0 heterocycles. The second-order valence-corrected chi connectivity index (χ2v) is 5.05. The number of rotatable bonds is 8. The van der Waals surface area contributed by atoms with Gasteiger partial charge in [-0.25, -0.2) is 0 Å². The highest BCUT2D eigenvalue weighted by Crippen LogP contribution is 2.21. The van der Waals surface area contributed by atoms with E-state index in [-0.39, 0.29) is 5.75 Å². The van der Waals surface area contributed by atoms with Crippen molar-refractivity contribution in [2.24, 2.45) is 4.99 Å². The lowest BCUT2D eigenvalue weighted by Crippen LogP contribution is -2.37. The number of ether oxygens (including phenoxy) is 1. The van der Waals surface area contributed by atoms with Crippen LogP contribution in [0.5, 0.6) is 5.75 Å². The molecule has 1 aromatic carbocycles. The van der Waals surface area contributed by atoms with E-state index in [1.165, 1.54) is 0 Å². The first kappa shape index (κ1) is 18.2. The molecular weight excluding hydrogens is 288 g/mol. The van der Waals surface area contributed by atoms with Gasteiger partial charge in [0.1, 0.15) is 5.75 Å². The molecule has 0 saturated carbocycles. The third kappa shape index (κ3) is 6.74. The first-order valence-electron chi connectivity index (χ1n) is 7.55. The van der Waals surface area contributed by atoms with Gasteiger partial charge in [-0.1, -0.05) is 37.5 Å².